The van der Waals surface area contributed by atoms with E-state index >= 15 is 0 Å². The average Bonchev–Trinajstić information content (AvgIpc) is 2.30. The van der Waals surface area contributed by atoms with Gasteiger partial charge in [-0.05, 0) is 30.5 Å². The van der Waals surface area contributed by atoms with Crippen molar-refractivity contribution in [2.75, 3.05) is 13.1 Å². The molecule has 98 valence electrons. The molecule has 2 rings (SSSR count). The minimum atomic E-state index is -0.392. The summed E-state index contributed by atoms with van der Waals surface area (Å²) in [6, 6.07) is 4.30. The summed E-state index contributed by atoms with van der Waals surface area (Å²) < 4.78 is 13.9. The highest BCUT2D eigenvalue weighted by Gasteiger charge is 2.27. The number of benzene rings is 1. The molecule has 1 aliphatic heterocycles. The Morgan fingerprint density at radius 1 is 1.44 bits per heavy atom. The van der Waals surface area contributed by atoms with Gasteiger partial charge in [-0.1, -0.05) is 38.8 Å². The van der Waals surface area contributed by atoms with Gasteiger partial charge in [0.05, 0.1) is 0 Å². The number of piperidine rings is 1. The molecule has 2 atom stereocenters. The van der Waals surface area contributed by atoms with Crippen molar-refractivity contribution < 1.29 is 9.18 Å². The molecule has 0 aliphatic carbocycles. The first-order chi connectivity index (χ1) is 8.47. The third kappa shape index (κ3) is 3.12. The number of nitrogens with zero attached hydrogens (tertiary/aromatic N) is 1. The fourth-order valence-electron chi connectivity index (χ4n) is 2.16. The van der Waals surface area contributed by atoms with Crippen molar-refractivity contribution in [3.63, 3.8) is 0 Å². The SMILES string of the molecule is CC1CN(C(=O)c2cc(F)cc(Br)c2)CCC1Br. The highest BCUT2D eigenvalue weighted by Crippen LogP contribution is 2.25. The zero-order chi connectivity index (χ0) is 13.3. The summed E-state index contributed by atoms with van der Waals surface area (Å²) in [7, 11) is 0. The van der Waals surface area contributed by atoms with Crippen LogP contribution in [0.1, 0.15) is 23.7 Å². The highest BCUT2D eigenvalue weighted by atomic mass is 79.9. The number of halogens is 3. The lowest BCUT2D eigenvalue weighted by Crippen LogP contribution is -2.43. The molecule has 1 aromatic carbocycles. The van der Waals surface area contributed by atoms with Gasteiger partial charge < -0.3 is 4.90 Å². The van der Waals surface area contributed by atoms with Gasteiger partial charge in [0, 0.05) is 28.0 Å². The van der Waals surface area contributed by atoms with Gasteiger partial charge >= 0.3 is 0 Å². The fraction of sp³-hybridized carbons (Fsp3) is 0.462. The Hall–Kier alpha value is -0.420. The van der Waals surface area contributed by atoms with Crippen molar-refractivity contribution in [3.05, 3.63) is 34.1 Å². The van der Waals surface area contributed by atoms with Crippen LogP contribution in [0.4, 0.5) is 4.39 Å². The van der Waals surface area contributed by atoms with E-state index in [-0.39, 0.29) is 5.91 Å². The Balaban J connectivity index is 2.16. The van der Waals surface area contributed by atoms with Crippen LogP contribution in [0.2, 0.25) is 0 Å². The molecule has 0 bridgehead atoms. The third-order valence-electron chi connectivity index (χ3n) is 3.20. The predicted octanol–water partition coefficient (Wildman–Crippen LogP) is 3.83. The van der Waals surface area contributed by atoms with Crippen LogP contribution in [0.5, 0.6) is 0 Å². The van der Waals surface area contributed by atoms with Gasteiger partial charge in [-0.25, -0.2) is 4.39 Å². The maximum absolute atomic E-state index is 13.3. The Kier molecular flexibility index (Phi) is 4.43. The molecule has 1 aliphatic rings. The molecule has 1 aromatic rings. The topological polar surface area (TPSA) is 20.3 Å². The molecule has 2 unspecified atom stereocenters. The molecule has 1 amide bonds. The first-order valence-electron chi connectivity index (χ1n) is 5.87. The Labute approximate surface area is 123 Å². The summed E-state index contributed by atoms with van der Waals surface area (Å²) in [4.78, 5) is 14.5. The van der Waals surface area contributed by atoms with Crippen LogP contribution in [0.25, 0.3) is 0 Å². The predicted molar refractivity (Wildman–Crippen MR) is 76.5 cm³/mol. The fourth-order valence-corrected chi connectivity index (χ4v) is 3.00. The van der Waals surface area contributed by atoms with E-state index in [9.17, 15) is 9.18 Å². The molecular formula is C13H14Br2FNO. The molecule has 0 spiro atoms. The van der Waals surface area contributed by atoms with Crippen molar-refractivity contribution in [2.45, 2.75) is 18.2 Å². The van der Waals surface area contributed by atoms with E-state index in [1.54, 1.807) is 11.0 Å². The number of hydrogen-bond donors (Lipinski definition) is 0. The van der Waals surface area contributed by atoms with Gasteiger partial charge in [-0.3, -0.25) is 4.79 Å². The number of hydrogen-bond acceptors (Lipinski definition) is 1. The molecular weight excluding hydrogens is 365 g/mol. The van der Waals surface area contributed by atoms with Gasteiger partial charge in [0.1, 0.15) is 5.82 Å². The van der Waals surface area contributed by atoms with Gasteiger partial charge in [0.2, 0.25) is 0 Å². The summed E-state index contributed by atoms with van der Waals surface area (Å²) in [5, 5.41) is 0. The molecule has 18 heavy (non-hydrogen) atoms. The normalized spacial score (nSPS) is 24.1. The zero-order valence-electron chi connectivity index (χ0n) is 10.00. The van der Waals surface area contributed by atoms with Crippen LogP contribution in [-0.2, 0) is 0 Å². The number of carbonyl (C=O) groups is 1. The van der Waals surface area contributed by atoms with Crippen LogP contribution >= 0.6 is 31.9 Å². The standard InChI is InChI=1S/C13H14Br2FNO/c1-8-7-17(3-2-12(8)15)13(18)9-4-10(14)6-11(16)5-9/h4-6,8,12H,2-3,7H2,1H3. The Bertz CT molecular complexity index is 446. The molecule has 0 aromatic heterocycles. The van der Waals surface area contributed by atoms with Crippen LogP contribution in [0, 0.1) is 11.7 Å². The number of alkyl halides is 1. The second-order valence-electron chi connectivity index (χ2n) is 4.69. The maximum atomic E-state index is 13.3. The van der Waals surface area contributed by atoms with Crippen LogP contribution in [0.3, 0.4) is 0 Å². The summed E-state index contributed by atoms with van der Waals surface area (Å²) >= 11 is 6.81. The van der Waals surface area contributed by atoms with E-state index in [0.717, 1.165) is 6.42 Å². The first kappa shape index (κ1) is 14.0. The van der Waals surface area contributed by atoms with Crippen molar-refractivity contribution in [2.24, 2.45) is 5.92 Å². The molecule has 0 saturated carbocycles. The number of rotatable bonds is 1. The summed E-state index contributed by atoms with van der Waals surface area (Å²) in [6.07, 6.45) is 0.934. The van der Waals surface area contributed by atoms with Crippen LogP contribution in [-0.4, -0.2) is 28.7 Å². The minimum absolute atomic E-state index is 0.0959. The quantitative estimate of drug-likeness (QED) is 0.680. The van der Waals surface area contributed by atoms with Gasteiger partial charge in [-0.15, -0.1) is 0 Å². The minimum Gasteiger partial charge on any atom is -0.338 e. The molecule has 2 nitrogen and oxygen atoms in total. The van der Waals surface area contributed by atoms with Crippen molar-refractivity contribution >= 4 is 37.8 Å². The second-order valence-corrected chi connectivity index (χ2v) is 6.78. The lowest BCUT2D eigenvalue weighted by Gasteiger charge is -2.34. The molecule has 0 radical (unpaired) electrons. The molecule has 5 heteroatoms. The average molecular weight is 379 g/mol. The monoisotopic (exact) mass is 377 g/mol. The van der Waals surface area contributed by atoms with Crippen molar-refractivity contribution in [1.29, 1.82) is 0 Å². The number of likely N-dealkylation sites (tertiary alicyclic amines) is 1. The maximum Gasteiger partial charge on any atom is 0.254 e. The van der Waals surface area contributed by atoms with E-state index in [2.05, 4.69) is 38.8 Å². The van der Waals surface area contributed by atoms with Gasteiger partial charge in [0.15, 0.2) is 0 Å². The molecule has 1 heterocycles. The smallest absolute Gasteiger partial charge is 0.254 e. The van der Waals surface area contributed by atoms with Crippen LogP contribution < -0.4 is 0 Å². The van der Waals surface area contributed by atoms with E-state index in [1.165, 1.54) is 12.1 Å². The Morgan fingerprint density at radius 3 is 2.78 bits per heavy atom. The van der Waals surface area contributed by atoms with E-state index < -0.39 is 5.82 Å². The largest absolute Gasteiger partial charge is 0.338 e. The first-order valence-corrected chi connectivity index (χ1v) is 7.57. The van der Waals surface area contributed by atoms with E-state index in [4.69, 9.17) is 0 Å². The van der Waals surface area contributed by atoms with Gasteiger partial charge in [0.25, 0.3) is 5.91 Å². The molecule has 0 N–H and O–H groups in total. The highest BCUT2D eigenvalue weighted by molar-refractivity contribution is 9.10. The third-order valence-corrected chi connectivity index (χ3v) is 5.02. The number of amides is 1. The number of carbonyl (C=O) groups excluding carboxylic acids is 1. The summed E-state index contributed by atoms with van der Waals surface area (Å²) in [5.41, 5.74) is 0.405. The molecule has 1 fully saturated rings. The van der Waals surface area contributed by atoms with Crippen molar-refractivity contribution in [3.8, 4) is 0 Å². The summed E-state index contributed by atoms with van der Waals surface area (Å²) in [6.45, 7) is 3.54. The lowest BCUT2D eigenvalue weighted by atomic mass is 9.99. The van der Waals surface area contributed by atoms with Crippen LogP contribution in [0.15, 0.2) is 22.7 Å². The summed E-state index contributed by atoms with van der Waals surface area (Å²) in [5.74, 6) is -0.0719. The Morgan fingerprint density at radius 2 is 2.17 bits per heavy atom. The van der Waals surface area contributed by atoms with Gasteiger partial charge in [-0.2, -0.15) is 0 Å². The van der Waals surface area contributed by atoms with E-state index in [0.29, 0.717) is 33.9 Å². The lowest BCUT2D eigenvalue weighted by molar-refractivity contribution is 0.0690. The molecule has 1 saturated heterocycles. The van der Waals surface area contributed by atoms with E-state index in [1.807, 2.05) is 0 Å². The zero-order valence-corrected chi connectivity index (χ0v) is 13.2. The van der Waals surface area contributed by atoms with Crippen molar-refractivity contribution in [1.82, 2.24) is 4.90 Å². The second kappa shape index (κ2) is 5.70.